The van der Waals surface area contributed by atoms with E-state index in [-0.39, 0.29) is 29.7 Å². The van der Waals surface area contributed by atoms with Crippen LogP contribution in [0.1, 0.15) is 41.7 Å². The van der Waals surface area contributed by atoms with E-state index >= 15 is 0 Å². The molecular formula is C38H45N3O5S. The van der Waals surface area contributed by atoms with Gasteiger partial charge in [-0.3, -0.25) is 13.9 Å². The number of benzene rings is 4. The third-order valence-corrected chi connectivity index (χ3v) is 9.95. The summed E-state index contributed by atoms with van der Waals surface area (Å²) in [6, 6.07) is 27.9. The van der Waals surface area contributed by atoms with E-state index in [0.717, 1.165) is 27.8 Å². The molecule has 0 bridgehead atoms. The second kappa shape index (κ2) is 15.8. The number of aryl methyl sites for hydroxylation is 2. The quantitative estimate of drug-likeness (QED) is 0.174. The van der Waals surface area contributed by atoms with Crippen LogP contribution >= 0.6 is 0 Å². The monoisotopic (exact) mass is 655 g/mol. The van der Waals surface area contributed by atoms with Crippen LogP contribution in [-0.4, -0.2) is 51.4 Å². The first kappa shape index (κ1) is 35.2. The van der Waals surface area contributed by atoms with Crippen molar-refractivity contribution < 1.29 is 22.7 Å². The Hall–Kier alpha value is -4.63. The molecule has 1 N–H and O–H groups in total. The molecule has 0 spiro atoms. The minimum Gasteiger partial charge on any atom is -0.497 e. The molecular weight excluding hydrogens is 611 g/mol. The van der Waals surface area contributed by atoms with Gasteiger partial charge in [-0.15, -0.1) is 0 Å². The Bertz CT molecular complexity index is 1770. The molecule has 0 saturated heterocycles. The minimum absolute atomic E-state index is 0.0633. The largest absolute Gasteiger partial charge is 0.497 e. The van der Waals surface area contributed by atoms with E-state index in [1.165, 1.54) is 9.21 Å². The summed E-state index contributed by atoms with van der Waals surface area (Å²) in [6.45, 7) is 9.63. The van der Waals surface area contributed by atoms with Gasteiger partial charge in [0.1, 0.15) is 18.3 Å². The van der Waals surface area contributed by atoms with Gasteiger partial charge in [0.2, 0.25) is 11.8 Å². The summed E-state index contributed by atoms with van der Waals surface area (Å²) in [7, 11) is -2.62. The van der Waals surface area contributed by atoms with Crippen LogP contribution in [0.5, 0.6) is 5.75 Å². The SMILES string of the molecule is COc1cccc(CN(C(=O)CN(c2cccc(C)c2C)S(=O)(=O)c2ccc(C)cc2)[C@H](Cc2ccccc2)C(=O)NCC(C)C)c1. The fraction of sp³-hybridized carbons (Fsp3) is 0.316. The number of amides is 2. The first-order valence-corrected chi connectivity index (χ1v) is 17.2. The van der Waals surface area contributed by atoms with Crippen molar-refractivity contribution in [2.75, 3.05) is 24.5 Å². The van der Waals surface area contributed by atoms with E-state index in [9.17, 15) is 18.0 Å². The summed E-state index contributed by atoms with van der Waals surface area (Å²) >= 11 is 0. The molecule has 0 radical (unpaired) electrons. The number of sulfonamides is 1. The van der Waals surface area contributed by atoms with Gasteiger partial charge < -0.3 is 15.0 Å². The molecule has 0 fully saturated rings. The molecule has 1 atom stereocenters. The average molecular weight is 656 g/mol. The topological polar surface area (TPSA) is 96.0 Å². The molecule has 0 aliphatic carbocycles. The lowest BCUT2D eigenvalue weighted by atomic mass is 10.0. The summed E-state index contributed by atoms with van der Waals surface area (Å²) in [5.74, 6) is -0.0143. The standard InChI is InChI=1S/C38H45N3O5S/c1-27(2)24-39-38(43)36(23-31-13-8-7-9-14-31)40(25-32-15-11-16-33(22-32)46-6)37(42)26-41(35-17-10-12-29(4)30(35)5)47(44,45)34-20-18-28(3)19-21-34/h7-22,27,36H,23-26H2,1-6H3,(H,39,43)/t36-/m1/s1. The van der Waals surface area contributed by atoms with E-state index < -0.39 is 28.5 Å². The third-order valence-electron chi connectivity index (χ3n) is 8.18. The molecule has 0 unspecified atom stereocenters. The second-order valence-corrected chi connectivity index (χ2v) is 14.1. The molecule has 9 heteroatoms. The average Bonchev–Trinajstić information content (AvgIpc) is 3.06. The van der Waals surface area contributed by atoms with Crippen LogP contribution < -0.4 is 14.4 Å². The number of anilines is 1. The lowest BCUT2D eigenvalue weighted by molar-refractivity contribution is -0.140. The Morgan fingerprint density at radius 3 is 2.15 bits per heavy atom. The van der Waals surface area contributed by atoms with Crippen LogP contribution in [0.4, 0.5) is 5.69 Å². The molecule has 0 aliphatic heterocycles. The van der Waals surface area contributed by atoms with E-state index in [2.05, 4.69) is 5.32 Å². The molecule has 4 aromatic rings. The van der Waals surface area contributed by atoms with Crippen molar-refractivity contribution in [3.05, 3.63) is 125 Å². The van der Waals surface area contributed by atoms with Crippen LogP contribution in [0.15, 0.2) is 102 Å². The van der Waals surface area contributed by atoms with Gasteiger partial charge in [0.25, 0.3) is 10.0 Å². The first-order valence-electron chi connectivity index (χ1n) is 15.8. The molecule has 8 nitrogen and oxygen atoms in total. The number of hydrogen-bond acceptors (Lipinski definition) is 5. The highest BCUT2D eigenvalue weighted by Crippen LogP contribution is 2.30. The number of ether oxygens (including phenoxy) is 1. The smallest absolute Gasteiger partial charge is 0.264 e. The fourth-order valence-corrected chi connectivity index (χ4v) is 6.77. The van der Waals surface area contributed by atoms with E-state index in [1.807, 2.05) is 95.3 Å². The molecule has 0 heterocycles. The maximum atomic E-state index is 14.7. The fourth-order valence-electron chi connectivity index (χ4n) is 5.30. The normalized spacial score (nSPS) is 12.0. The Balaban J connectivity index is 1.84. The summed E-state index contributed by atoms with van der Waals surface area (Å²) < 4.78 is 35.3. The predicted molar refractivity (Wildman–Crippen MR) is 187 cm³/mol. The van der Waals surface area contributed by atoms with Gasteiger partial charge >= 0.3 is 0 Å². The van der Waals surface area contributed by atoms with Crippen LogP contribution in [-0.2, 0) is 32.6 Å². The highest BCUT2D eigenvalue weighted by atomic mass is 32.2. The predicted octanol–water partition coefficient (Wildman–Crippen LogP) is 6.23. The van der Waals surface area contributed by atoms with E-state index in [0.29, 0.717) is 18.0 Å². The Labute approximate surface area is 279 Å². The summed E-state index contributed by atoms with van der Waals surface area (Å²) in [5.41, 5.74) is 4.57. The number of rotatable bonds is 14. The zero-order chi connectivity index (χ0) is 34.1. The number of methoxy groups -OCH3 is 1. The molecule has 0 aliphatic rings. The van der Waals surface area contributed by atoms with Crippen LogP contribution in [0.2, 0.25) is 0 Å². The third kappa shape index (κ3) is 9.01. The number of carbonyl (C=O) groups is 2. The highest BCUT2D eigenvalue weighted by molar-refractivity contribution is 7.92. The Morgan fingerprint density at radius 1 is 0.830 bits per heavy atom. The van der Waals surface area contributed by atoms with Crippen LogP contribution in [0.3, 0.4) is 0 Å². The van der Waals surface area contributed by atoms with Gasteiger partial charge in [0.15, 0.2) is 0 Å². The van der Waals surface area contributed by atoms with E-state index in [4.69, 9.17) is 4.74 Å². The highest BCUT2D eigenvalue weighted by Gasteiger charge is 2.35. The van der Waals surface area contributed by atoms with Crippen molar-refractivity contribution in [1.82, 2.24) is 10.2 Å². The number of nitrogens with zero attached hydrogens (tertiary/aromatic N) is 2. The molecule has 0 aromatic heterocycles. The van der Waals surface area contributed by atoms with Crippen LogP contribution in [0.25, 0.3) is 0 Å². The summed E-state index contributed by atoms with van der Waals surface area (Å²) in [4.78, 5) is 30.2. The molecule has 4 rings (SSSR count). The molecule has 4 aromatic carbocycles. The van der Waals surface area contributed by atoms with Gasteiger partial charge in [-0.25, -0.2) is 8.42 Å². The van der Waals surface area contributed by atoms with Gasteiger partial charge in [0.05, 0.1) is 17.7 Å². The maximum absolute atomic E-state index is 14.7. The second-order valence-electron chi connectivity index (χ2n) is 12.3. The van der Waals surface area contributed by atoms with Gasteiger partial charge in [-0.1, -0.05) is 86.1 Å². The Morgan fingerprint density at radius 2 is 1.49 bits per heavy atom. The first-order chi connectivity index (χ1) is 22.4. The molecule has 2 amide bonds. The summed E-state index contributed by atoms with van der Waals surface area (Å²) in [5, 5.41) is 3.02. The summed E-state index contributed by atoms with van der Waals surface area (Å²) in [6.07, 6.45) is 0.245. The van der Waals surface area contributed by atoms with E-state index in [1.54, 1.807) is 43.5 Å². The molecule has 47 heavy (non-hydrogen) atoms. The number of hydrogen-bond donors (Lipinski definition) is 1. The van der Waals surface area contributed by atoms with Gasteiger partial charge in [-0.05, 0) is 79.3 Å². The van der Waals surface area contributed by atoms with Crippen LogP contribution in [0, 0.1) is 26.7 Å². The molecule has 248 valence electrons. The van der Waals surface area contributed by atoms with Crippen molar-refractivity contribution in [2.45, 2.75) is 58.5 Å². The zero-order valence-corrected chi connectivity index (χ0v) is 28.9. The van der Waals surface area contributed by atoms with Crippen molar-refractivity contribution in [1.29, 1.82) is 0 Å². The maximum Gasteiger partial charge on any atom is 0.264 e. The van der Waals surface area contributed by atoms with Crippen molar-refractivity contribution in [3.63, 3.8) is 0 Å². The van der Waals surface area contributed by atoms with Gasteiger partial charge in [0, 0.05) is 19.5 Å². The van der Waals surface area contributed by atoms with Crippen molar-refractivity contribution >= 4 is 27.5 Å². The number of carbonyl (C=O) groups excluding carboxylic acids is 2. The minimum atomic E-state index is -4.18. The van der Waals surface area contributed by atoms with Gasteiger partial charge in [-0.2, -0.15) is 0 Å². The lowest BCUT2D eigenvalue weighted by Crippen LogP contribution is -2.53. The zero-order valence-electron chi connectivity index (χ0n) is 28.1. The molecule has 0 saturated carbocycles. The Kier molecular flexibility index (Phi) is 11.8. The number of nitrogens with one attached hydrogen (secondary N) is 1. The van der Waals surface area contributed by atoms with Crippen molar-refractivity contribution in [2.24, 2.45) is 5.92 Å². The lowest BCUT2D eigenvalue weighted by Gasteiger charge is -2.34. The van der Waals surface area contributed by atoms with Crippen molar-refractivity contribution in [3.8, 4) is 5.75 Å².